The topological polar surface area (TPSA) is 118 Å². The molecule has 0 radical (unpaired) electrons. The number of para-hydroxylation sites is 1. The Morgan fingerprint density at radius 3 is 2.29 bits per heavy atom. The number of hydrogen-bond donors (Lipinski definition) is 3. The highest BCUT2D eigenvalue weighted by Crippen LogP contribution is 2.19. The fourth-order valence-corrected chi connectivity index (χ4v) is 3.90. The first-order chi connectivity index (χ1) is 14.8. The number of primary amides is 1. The summed E-state index contributed by atoms with van der Waals surface area (Å²) >= 11 is 0. The highest BCUT2D eigenvalue weighted by molar-refractivity contribution is 7.92. The summed E-state index contributed by atoms with van der Waals surface area (Å²) in [6, 6.07) is 17.5. The third-order valence-electron chi connectivity index (χ3n) is 4.46. The number of sulfonamides is 1. The van der Waals surface area contributed by atoms with Crippen LogP contribution in [0.15, 0.2) is 77.7 Å². The van der Waals surface area contributed by atoms with Crippen LogP contribution < -0.4 is 15.8 Å². The summed E-state index contributed by atoms with van der Waals surface area (Å²) in [6.07, 6.45) is 0.492. The molecule has 160 valence electrons. The molecule has 0 unspecified atom stereocenters. The molecule has 0 heterocycles. The number of rotatable bonds is 8. The molecule has 3 aromatic rings. The molecule has 0 aliphatic heterocycles. The molecule has 0 aromatic heterocycles. The lowest BCUT2D eigenvalue weighted by Gasteiger charge is -2.10. The summed E-state index contributed by atoms with van der Waals surface area (Å²) in [4.78, 5) is 23.4. The number of halogens is 1. The fourth-order valence-electron chi connectivity index (χ4n) is 2.84. The molecule has 0 aliphatic carbocycles. The van der Waals surface area contributed by atoms with Crippen molar-refractivity contribution in [3.63, 3.8) is 0 Å². The van der Waals surface area contributed by atoms with Crippen molar-refractivity contribution in [1.29, 1.82) is 0 Å². The quantitative estimate of drug-likeness (QED) is 0.498. The molecule has 0 aliphatic rings. The second-order valence-corrected chi connectivity index (χ2v) is 8.36. The van der Waals surface area contributed by atoms with E-state index in [9.17, 15) is 22.4 Å². The molecule has 4 N–H and O–H groups in total. The molecule has 31 heavy (non-hydrogen) atoms. The fraction of sp³-hybridized carbons (Fsp3) is 0.0909. The summed E-state index contributed by atoms with van der Waals surface area (Å²) in [5.74, 6) is -1.59. The van der Waals surface area contributed by atoms with E-state index in [0.717, 1.165) is 11.6 Å². The van der Waals surface area contributed by atoms with Crippen LogP contribution in [0.5, 0.6) is 0 Å². The molecule has 0 bridgehead atoms. The largest absolute Gasteiger partial charge is 0.366 e. The molecule has 9 heteroatoms. The van der Waals surface area contributed by atoms with Gasteiger partial charge in [-0.3, -0.25) is 14.3 Å². The summed E-state index contributed by atoms with van der Waals surface area (Å²) in [7, 11) is -4.00. The second kappa shape index (κ2) is 9.40. The monoisotopic (exact) mass is 441 g/mol. The number of nitrogens with one attached hydrogen (secondary N) is 2. The van der Waals surface area contributed by atoms with E-state index in [-0.39, 0.29) is 22.1 Å². The first-order valence-electron chi connectivity index (χ1n) is 9.30. The van der Waals surface area contributed by atoms with Gasteiger partial charge in [0.15, 0.2) is 0 Å². The molecular weight excluding hydrogens is 421 g/mol. The molecule has 0 spiro atoms. The molecule has 3 aromatic carbocycles. The van der Waals surface area contributed by atoms with Crippen LogP contribution in [0, 0.1) is 5.82 Å². The molecule has 2 amide bonds. The molecule has 0 fully saturated rings. The molecule has 0 atom stereocenters. The van der Waals surface area contributed by atoms with Crippen molar-refractivity contribution >= 4 is 27.5 Å². The van der Waals surface area contributed by atoms with Gasteiger partial charge >= 0.3 is 0 Å². The molecule has 3 rings (SSSR count). The Kier molecular flexibility index (Phi) is 6.66. The van der Waals surface area contributed by atoms with E-state index in [1.165, 1.54) is 42.5 Å². The molecule has 0 saturated carbocycles. The molecule has 0 saturated heterocycles. The molecular formula is C22H20FN3O4S. The standard InChI is InChI=1S/C22H20FN3O4S/c23-19-6-1-2-7-20(19)26-31(29,30)18-10-8-16(9-11-18)22(28)25-13-12-15-4-3-5-17(14-15)21(24)27/h1-11,14,26H,12-13H2,(H2,24,27)(H,25,28). The number of carbonyl (C=O) groups excluding carboxylic acids is 2. The predicted molar refractivity (Wildman–Crippen MR) is 115 cm³/mol. The van der Waals surface area contributed by atoms with E-state index in [4.69, 9.17) is 5.73 Å². The Balaban J connectivity index is 1.60. The van der Waals surface area contributed by atoms with Gasteiger partial charge in [0.1, 0.15) is 5.82 Å². The number of anilines is 1. The van der Waals surface area contributed by atoms with Gasteiger partial charge in [-0.1, -0.05) is 24.3 Å². The van der Waals surface area contributed by atoms with Crippen molar-refractivity contribution in [3.05, 3.63) is 95.3 Å². The van der Waals surface area contributed by atoms with E-state index >= 15 is 0 Å². The maximum Gasteiger partial charge on any atom is 0.261 e. The maximum atomic E-state index is 13.7. The number of nitrogens with two attached hydrogens (primary N) is 1. The van der Waals surface area contributed by atoms with E-state index < -0.39 is 21.7 Å². The minimum Gasteiger partial charge on any atom is -0.366 e. The average molecular weight is 441 g/mol. The van der Waals surface area contributed by atoms with E-state index in [0.29, 0.717) is 18.5 Å². The van der Waals surface area contributed by atoms with Gasteiger partial charge in [0.2, 0.25) is 5.91 Å². The number of amides is 2. The first-order valence-corrected chi connectivity index (χ1v) is 10.8. The van der Waals surface area contributed by atoms with Crippen LogP contribution in [0.25, 0.3) is 0 Å². The number of benzene rings is 3. The van der Waals surface area contributed by atoms with Crippen LogP contribution in [0.2, 0.25) is 0 Å². The minimum atomic E-state index is -4.00. The van der Waals surface area contributed by atoms with Crippen molar-refractivity contribution in [2.75, 3.05) is 11.3 Å². The van der Waals surface area contributed by atoms with Crippen LogP contribution in [0.3, 0.4) is 0 Å². The zero-order valence-electron chi connectivity index (χ0n) is 16.3. The average Bonchev–Trinajstić information content (AvgIpc) is 2.75. The SMILES string of the molecule is NC(=O)c1cccc(CCNC(=O)c2ccc(S(=O)(=O)Nc3ccccc3F)cc2)c1. The van der Waals surface area contributed by atoms with Crippen molar-refractivity contribution < 1.29 is 22.4 Å². The van der Waals surface area contributed by atoms with Gasteiger partial charge in [0.25, 0.3) is 15.9 Å². The van der Waals surface area contributed by atoms with Crippen molar-refractivity contribution in [1.82, 2.24) is 5.32 Å². The van der Waals surface area contributed by atoms with Gasteiger partial charge in [-0.2, -0.15) is 0 Å². The van der Waals surface area contributed by atoms with Gasteiger partial charge in [0.05, 0.1) is 10.6 Å². The summed E-state index contributed by atoms with van der Waals surface area (Å²) in [6.45, 7) is 0.315. The highest BCUT2D eigenvalue weighted by Gasteiger charge is 2.17. The zero-order chi connectivity index (χ0) is 22.4. The van der Waals surface area contributed by atoms with Gasteiger partial charge in [-0.25, -0.2) is 12.8 Å². The Hall–Kier alpha value is -3.72. The number of hydrogen-bond acceptors (Lipinski definition) is 4. The number of carbonyl (C=O) groups is 2. The van der Waals surface area contributed by atoms with Gasteiger partial charge in [0, 0.05) is 17.7 Å². The Morgan fingerprint density at radius 2 is 1.61 bits per heavy atom. The van der Waals surface area contributed by atoms with Crippen LogP contribution in [-0.2, 0) is 16.4 Å². The second-order valence-electron chi connectivity index (χ2n) is 6.68. The predicted octanol–water partition coefficient (Wildman–Crippen LogP) is 2.70. The third kappa shape index (κ3) is 5.67. The van der Waals surface area contributed by atoms with Crippen LogP contribution in [0.4, 0.5) is 10.1 Å². The van der Waals surface area contributed by atoms with Gasteiger partial charge < -0.3 is 11.1 Å². The van der Waals surface area contributed by atoms with Crippen molar-refractivity contribution in [2.45, 2.75) is 11.3 Å². The third-order valence-corrected chi connectivity index (χ3v) is 5.84. The van der Waals surface area contributed by atoms with E-state index in [2.05, 4.69) is 10.0 Å². The molecule has 7 nitrogen and oxygen atoms in total. The first kappa shape index (κ1) is 22.0. The van der Waals surface area contributed by atoms with Crippen molar-refractivity contribution in [2.24, 2.45) is 5.73 Å². The van der Waals surface area contributed by atoms with E-state index in [1.54, 1.807) is 18.2 Å². The van der Waals surface area contributed by atoms with Crippen molar-refractivity contribution in [3.8, 4) is 0 Å². The van der Waals surface area contributed by atoms with Crippen LogP contribution in [-0.4, -0.2) is 26.8 Å². The minimum absolute atomic E-state index is 0.101. The lowest BCUT2D eigenvalue weighted by Crippen LogP contribution is -2.25. The lowest BCUT2D eigenvalue weighted by molar-refractivity contribution is 0.0952. The Labute approximate surface area is 179 Å². The summed E-state index contributed by atoms with van der Waals surface area (Å²) in [5, 5.41) is 2.73. The zero-order valence-corrected chi connectivity index (χ0v) is 17.2. The lowest BCUT2D eigenvalue weighted by atomic mass is 10.1. The van der Waals surface area contributed by atoms with Gasteiger partial charge in [-0.15, -0.1) is 0 Å². The summed E-state index contributed by atoms with van der Waals surface area (Å²) < 4.78 is 40.7. The smallest absolute Gasteiger partial charge is 0.261 e. The van der Waals surface area contributed by atoms with E-state index in [1.807, 2.05) is 6.07 Å². The normalized spacial score (nSPS) is 11.0. The van der Waals surface area contributed by atoms with Gasteiger partial charge in [-0.05, 0) is 60.5 Å². The Morgan fingerprint density at radius 1 is 0.903 bits per heavy atom. The van der Waals surface area contributed by atoms with Crippen LogP contribution >= 0.6 is 0 Å². The Bertz CT molecular complexity index is 1210. The highest BCUT2D eigenvalue weighted by atomic mass is 32.2. The maximum absolute atomic E-state index is 13.7. The summed E-state index contributed by atoms with van der Waals surface area (Å²) in [5.41, 5.74) is 6.60. The van der Waals surface area contributed by atoms with Crippen LogP contribution in [0.1, 0.15) is 26.3 Å².